The Morgan fingerprint density at radius 1 is 1.42 bits per heavy atom. The lowest BCUT2D eigenvalue weighted by Crippen LogP contribution is -2.36. The van der Waals surface area contributed by atoms with Crippen LogP contribution < -0.4 is 10.6 Å². The average molecular weight is 370 g/mol. The smallest absolute Gasteiger partial charge is 0.412 e. The van der Waals surface area contributed by atoms with Gasteiger partial charge in [-0.3, -0.25) is 4.79 Å². The molecule has 0 unspecified atom stereocenters. The second kappa shape index (κ2) is 7.42. The number of carbonyl (C=O) groups excluding carboxylic acids is 1. The van der Waals surface area contributed by atoms with Gasteiger partial charge in [-0.05, 0) is 24.6 Å². The van der Waals surface area contributed by atoms with Gasteiger partial charge in [-0.2, -0.15) is 13.2 Å². The van der Waals surface area contributed by atoms with Crippen LogP contribution in [0.3, 0.4) is 0 Å². The Morgan fingerprint density at radius 3 is 2.96 bits per heavy atom. The molecule has 0 radical (unpaired) electrons. The molecule has 1 amide bonds. The Morgan fingerprint density at radius 2 is 2.23 bits per heavy atom. The van der Waals surface area contributed by atoms with Crippen LogP contribution in [0.15, 0.2) is 28.7 Å². The molecule has 2 heterocycles. The number of benzene rings is 1. The summed E-state index contributed by atoms with van der Waals surface area (Å²) in [4.78, 5) is 12.2. The fourth-order valence-electron chi connectivity index (χ4n) is 2.76. The molecule has 10 heteroatoms. The van der Waals surface area contributed by atoms with E-state index < -0.39 is 17.6 Å². The van der Waals surface area contributed by atoms with E-state index in [9.17, 15) is 18.0 Å². The number of amides is 1. The molecule has 0 aliphatic carbocycles. The molecular weight excluding hydrogens is 353 g/mol. The highest BCUT2D eigenvalue weighted by atomic mass is 19.4. The summed E-state index contributed by atoms with van der Waals surface area (Å²) in [7, 11) is 1.60. The van der Waals surface area contributed by atoms with Crippen LogP contribution in [0, 0.1) is 0 Å². The molecule has 2 aromatic rings. The summed E-state index contributed by atoms with van der Waals surface area (Å²) in [5.41, 5.74) is -0.741. The summed E-state index contributed by atoms with van der Waals surface area (Å²) in [6.07, 6.45) is -3.79. The summed E-state index contributed by atoms with van der Waals surface area (Å²) in [5.74, 6) is -1.02. The van der Waals surface area contributed by atoms with E-state index >= 15 is 0 Å². The van der Waals surface area contributed by atoms with E-state index in [1.807, 2.05) is 0 Å². The molecule has 1 aliphatic heterocycles. The minimum absolute atomic E-state index is 0.0917. The summed E-state index contributed by atoms with van der Waals surface area (Å²) in [6, 6.07) is 4.51. The number of carbonyl (C=O) groups is 1. The largest absolute Gasteiger partial charge is 0.416 e. The number of hydrogen-bond donors (Lipinski definition) is 2. The lowest BCUT2D eigenvalue weighted by atomic mass is 10.1. The van der Waals surface area contributed by atoms with Gasteiger partial charge in [0.05, 0.1) is 12.2 Å². The SMILES string of the molecule is COC[C@@H]1C[C@@H](NC(=O)c2nnc(-c3cccc(C(F)(F)F)c3)o2)CN1. The van der Waals surface area contributed by atoms with Crippen molar-refractivity contribution in [2.45, 2.75) is 24.7 Å². The second-order valence-electron chi connectivity index (χ2n) is 5.96. The van der Waals surface area contributed by atoms with Gasteiger partial charge in [0.25, 0.3) is 0 Å². The van der Waals surface area contributed by atoms with Gasteiger partial charge < -0.3 is 19.8 Å². The number of nitrogens with one attached hydrogen (secondary N) is 2. The number of rotatable bonds is 5. The first-order valence-electron chi connectivity index (χ1n) is 7.91. The van der Waals surface area contributed by atoms with Gasteiger partial charge in [-0.1, -0.05) is 6.07 Å². The van der Waals surface area contributed by atoms with Crippen LogP contribution in [0.1, 0.15) is 22.7 Å². The van der Waals surface area contributed by atoms with Crippen molar-refractivity contribution in [3.8, 4) is 11.5 Å². The van der Waals surface area contributed by atoms with Crippen molar-refractivity contribution in [2.24, 2.45) is 0 Å². The normalized spacial score (nSPS) is 20.3. The number of hydrogen-bond acceptors (Lipinski definition) is 6. The zero-order chi connectivity index (χ0) is 18.7. The molecule has 26 heavy (non-hydrogen) atoms. The van der Waals surface area contributed by atoms with Crippen LogP contribution in [0.5, 0.6) is 0 Å². The number of nitrogens with zero attached hydrogens (tertiary/aromatic N) is 2. The molecule has 140 valence electrons. The van der Waals surface area contributed by atoms with Gasteiger partial charge in [0.2, 0.25) is 5.89 Å². The van der Waals surface area contributed by atoms with E-state index in [0.717, 1.165) is 12.1 Å². The van der Waals surface area contributed by atoms with Gasteiger partial charge in [0, 0.05) is 31.3 Å². The van der Waals surface area contributed by atoms with E-state index in [1.54, 1.807) is 7.11 Å². The van der Waals surface area contributed by atoms with Gasteiger partial charge in [-0.25, -0.2) is 0 Å². The predicted octanol–water partition coefficient (Wildman–Crippen LogP) is 1.86. The lowest BCUT2D eigenvalue weighted by Gasteiger charge is -2.10. The highest BCUT2D eigenvalue weighted by Crippen LogP contribution is 2.31. The van der Waals surface area contributed by atoms with E-state index in [4.69, 9.17) is 9.15 Å². The van der Waals surface area contributed by atoms with Gasteiger partial charge >= 0.3 is 18.0 Å². The predicted molar refractivity (Wildman–Crippen MR) is 84.3 cm³/mol. The van der Waals surface area contributed by atoms with Crippen LogP contribution >= 0.6 is 0 Å². The molecular formula is C16H17F3N4O3. The van der Waals surface area contributed by atoms with E-state index in [-0.39, 0.29) is 29.4 Å². The van der Waals surface area contributed by atoms with Crippen LogP contribution in [0.25, 0.3) is 11.5 Å². The van der Waals surface area contributed by atoms with E-state index in [1.165, 1.54) is 12.1 Å². The Hall–Kier alpha value is -2.46. The van der Waals surface area contributed by atoms with E-state index in [0.29, 0.717) is 19.6 Å². The topological polar surface area (TPSA) is 89.3 Å². The van der Waals surface area contributed by atoms with Crippen LogP contribution in [0.4, 0.5) is 13.2 Å². The molecule has 2 atom stereocenters. The summed E-state index contributed by atoms with van der Waals surface area (Å²) >= 11 is 0. The van der Waals surface area contributed by atoms with Crippen molar-refractivity contribution in [3.63, 3.8) is 0 Å². The fourth-order valence-corrected chi connectivity index (χ4v) is 2.76. The van der Waals surface area contributed by atoms with Crippen molar-refractivity contribution in [3.05, 3.63) is 35.7 Å². The molecule has 3 rings (SSSR count). The molecule has 0 spiro atoms. The molecule has 2 N–H and O–H groups in total. The molecule has 0 bridgehead atoms. The van der Waals surface area contributed by atoms with Gasteiger partial charge in [-0.15, -0.1) is 10.2 Å². The standard InChI is InChI=1S/C16H17F3N4O3/c1-25-8-12-6-11(7-20-12)21-13(24)15-23-22-14(26-15)9-3-2-4-10(5-9)16(17,18)19/h2-5,11-12,20H,6-8H2,1H3,(H,21,24)/t11-,12+/m1/s1. The Balaban J connectivity index is 1.67. The van der Waals surface area contributed by atoms with Gasteiger partial charge in [0.1, 0.15) is 0 Å². The number of halogens is 3. The minimum Gasteiger partial charge on any atom is -0.412 e. The van der Waals surface area contributed by atoms with Gasteiger partial charge in [0.15, 0.2) is 0 Å². The molecule has 1 aromatic carbocycles. The monoisotopic (exact) mass is 370 g/mol. The molecule has 0 saturated carbocycles. The first kappa shape index (κ1) is 18.3. The van der Waals surface area contributed by atoms with Crippen LogP contribution in [-0.4, -0.2) is 48.4 Å². The maximum atomic E-state index is 12.8. The first-order chi connectivity index (χ1) is 12.4. The van der Waals surface area contributed by atoms with Crippen LogP contribution in [0.2, 0.25) is 0 Å². The Bertz CT molecular complexity index is 778. The third-order valence-electron chi connectivity index (χ3n) is 3.98. The molecule has 1 aliphatic rings. The zero-order valence-electron chi connectivity index (χ0n) is 13.8. The summed E-state index contributed by atoms with van der Waals surface area (Å²) < 4.78 is 48.6. The highest BCUT2D eigenvalue weighted by molar-refractivity contribution is 5.90. The number of aromatic nitrogens is 2. The fraction of sp³-hybridized carbons (Fsp3) is 0.438. The zero-order valence-corrected chi connectivity index (χ0v) is 13.8. The van der Waals surface area contributed by atoms with Crippen molar-refractivity contribution in [2.75, 3.05) is 20.3 Å². The molecule has 1 saturated heterocycles. The molecule has 1 fully saturated rings. The quantitative estimate of drug-likeness (QED) is 0.835. The third kappa shape index (κ3) is 4.20. The van der Waals surface area contributed by atoms with Crippen molar-refractivity contribution >= 4 is 5.91 Å². The lowest BCUT2D eigenvalue weighted by molar-refractivity contribution is -0.137. The number of alkyl halides is 3. The number of ether oxygens (including phenoxy) is 1. The Labute approximate surface area is 146 Å². The average Bonchev–Trinajstić information content (AvgIpc) is 3.24. The maximum absolute atomic E-state index is 12.8. The molecule has 7 nitrogen and oxygen atoms in total. The van der Waals surface area contributed by atoms with Crippen molar-refractivity contribution in [1.29, 1.82) is 0 Å². The molecule has 1 aromatic heterocycles. The van der Waals surface area contributed by atoms with Crippen LogP contribution in [-0.2, 0) is 10.9 Å². The van der Waals surface area contributed by atoms with Crippen molar-refractivity contribution < 1.29 is 27.1 Å². The maximum Gasteiger partial charge on any atom is 0.416 e. The van der Waals surface area contributed by atoms with Crippen molar-refractivity contribution in [1.82, 2.24) is 20.8 Å². The highest BCUT2D eigenvalue weighted by Gasteiger charge is 2.31. The summed E-state index contributed by atoms with van der Waals surface area (Å²) in [5, 5.41) is 13.2. The summed E-state index contributed by atoms with van der Waals surface area (Å²) in [6.45, 7) is 1.11. The minimum atomic E-state index is -4.48. The van der Waals surface area contributed by atoms with E-state index in [2.05, 4.69) is 20.8 Å². The number of methoxy groups -OCH3 is 1. The Kier molecular flexibility index (Phi) is 5.23. The first-order valence-corrected chi connectivity index (χ1v) is 7.91. The second-order valence-corrected chi connectivity index (χ2v) is 5.96. The third-order valence-corrected chi connectivity index (χ3v) is 3.98.